The molecule has 0 radical (unpaired) electrons. The van der Waals surface area contributed by atoms with Gasteiger partial charge in [-0.15, -0.1) is 0 Å². The predicted octanol–water partition coefficient (Wildman–Crippen LogP) is 9.31. The first-order valence-electron chi connectivity index (χ1n) is 16.9. The summed E-state index contributed by atoms with van der Waals surface area (Å²) < 4.78 is 19.0. The molecule has 0 saturated carbocycles. The van der Waals surface area contributed by atoms with Crippen molar-refractivity contribution in [2.45, 2.75) is 13.3 Å². The second-order valence-corrected chi connectivity index (χ2v) is 12.4. The highest BCUT2D eigenvalue weighted by atomic mass is 16.5. The summed E-state index contributed by atoms with van der Waals surface area (Å²) in [6.45, 7) is 2.86. The maximum absolute atomic E-state index is 12.9. The molecule has 6 aromatic carbocycles. The molecule has 0 fully saturated rings. The second-order valence-electron chi connectivity index (χ2n) is 12.4. The van der Waals surface area contributed by atoms with Gasteiger partial charge < -0.3 is 14.2 Å². The Hall–Kier alpha value is -6.27. The van der Waals surface area contributed by atoms with Gasteiger partial charge in [0.15, 0.2) is 17.3 Å². The van der Waals surface area contributed by atoms with Crippen LogP contribution in [0.3, 0.4) is 0 Å². The molecule has 0 spiro atoms. The smallest absolute Gasteiger partial charge is 0.193 e. The number of benzene rings is 6. The highest BCUT2D eigenvalue weighted by Crippen LogP contribution is 2.29. The molecule has 0 aliphatic carbocycles. The molecule has 6 nitrogen and oxygen atoms in total. The minimum atomic E-state index is -0.588. The first-order chi connectivity index (χ1) is 24.9. The molecular weight excluding hydrogens is 636 g/mol. The second kappa shape index (κ2) is 16.4. The van der Waals surface area contributed by atoms with E-state index in [0.29, 0.717) is 57.1 Å². The van der Waals surface area contributed by atoms with Crippen LogP contribution in [0.15, 0.2) is 164 Å². The Morgan fingerprint density at radius 2 is 0.608 bits per heavy atom. The van der Waals surface area contributed by atoms with Crippen LogP contribution in [0.25, 0.3) is 0 Å². The van der Waals surface area contributed by atoms with Gasteiger partial charge in [-0.2, -0.15) is 0 Å². The Labute approximate surface area is 298 Å². The summed E-state index contributed by atoms with van der Waals surface area (Å²) in [4.78, 5) is 38.7. The molecule has 0 unspecified atom stereocenters. The van der Waals surface area contributed by atoms with Crippen molar-refractivity contribution in [1.29, 1.82) is 0 Å². The van der Waals surface area contributed by atoms with Gasteiger partial charge >= 0.3 is 0 Å². The molecule has 0 aliphatic heterocycles. The van der Waals surface area contributed by atoms with Crippen LogP contribution in [0, 0.1) is 5.41 Å². The van der Waals surface area contributed by atoms with E-state index in [2.05, 4.69) is 6.92 Å². The van der Waals surface area contributed by atoms with Crippen LogP contribution in [0.1, 0.15) is 61.1 Å². The van der Waals surface area contributed by atoms with E-state index in [4.69, 9.17) is 14.2 Å². The number of hydrogen-bond acceptors (Lipinski definition) is 6. The van der Waals surface area contributed by atoms with Gasteiger partial charge in [-0.05, 0) is 79.2 Å². The first kappa shape index (κ1) is 34.6. The summed E-state index contributed by atoms with van der Waals surface area (Å²) >= 11 is 0. The van der Waals surface area contributed by atoms with Gasteiger partial charge in [-0.1, -0.05) is 97.9 Å². The SMILES string of the molecule is CCC(COc1ccc(C(=O)c2ccccc2)cc1)(COc1ccc(C(=O)c2ccccc2)cc1)COc1ccc(C(=O)c2ccccc2)cc1. The summed E-state index contributed by atoms with van der Waals surface area (Å²) in [6.07, 6.45) is 0.659. The fourth-order valence-electron chi connectivity index (χ4n) is 5.52. The van der Waals surface area contributed by atoms with Gasteiger partial charge in [0.25, 0.3) is 0 Å². The number of carbonyl (C=O) groups is 3. The van der Waals surface area contributed by atoms with Crippen molar-refractivity contribution in [1.82, 2.24) is 0 Å². The lowest BCUT2D eigenvalue weighted by Gasteiger charge is -2.32. The minimum absolute atomic E-state index is 0.0557. The van der Waals surface area contributed by atoms with Crippen molar-refractivity contribution in [3.8, 4) is 17.2 Å². The van der Waals surface area contributed by atoms with Gasteiger partial charge in [0, 0.05) is 33.4 Å². The van der Waals surface area contributed by atoms with Crippen molar-refractivity contribution in [3.63, 3.8) is 0 Å². The lowest BCUT2D eigenvalue weighted by Crippen LogP contribution is -2.40. The summed E-state index contributed by atoms with van der Waals surface area (Å²) in [5.74, 6) is 1.68. The van der Waals surface area contributed by atoms with Gasteiger partial charge in [-0.25, -0.2) is 0 Å². The largest absolute Gasteiger partial charge is 0.493 e. The lowest BCUT2D eigenvalue weighted by molar-refractivity contribution is 0.0293. The topological polar surface area (TPSA) is 78.9 Å². The van der Waals surface area contributed by atoms with Crippen LogP contribution in [0.2, 0.25) is 0 Å². The van der Waals surface area contributed by atoms with Crippen molar-refractivity contribution < 1.29 is 28.6 Å². The van der Waals surface area contributed by atoms with Crippen molar-refractivity contribution >= 4 is 17.3 Å². The number of carbonyl (C=O) groups excluding carboxylic acids is 3. The molecule has 51 heavy (non-hydrogen) atoms. The molecule has 6 heteroatoms. The molecule has 0 amide bonds. The normalized spacial score (nSPS) is 11.0. The zero-order valence-electron chi connectivity index (χ0n) is 28.4. The van der Waals surface area contributed by atoms with Gasteiger partial charge in [0.1, 0.15) is 37.1 Å². The monoisotopic (exact) mass is 674 g/mol. The molecule has 0 aromatic heterocycles. The molecule has 0 N–H and O–H groups in total. The van der Waals surface area contributed by atoms with E-state index in [1.165, 1.54) is 0 Å². The molecular formula is C45H38O6. The van der Waals surface area contributed by atoms with Crippen molar-refractivity contribution in [2.75, 3.05) is 19.8 Å². The fourth-order valence-corrected chi connectivity index (χ4v) is 5.52. The number of ether oxygens (including phenoxy) is 3. The van der Waals surface area contributed by atoms with Gasteiger partial charge in [0.2, 0.25) is 0 Å². The van der Waals surface area contributed by atoms with Crippen LogP contribution < -0.4 is 14.2 Å². The molecule has 6 rings (SSSR count). The van der Waals surface area contributed by atoms with E-state index >= 15 is 0 Å². The summed E-state index contributed by atoms with van der Waals surface area (Å²) in [6, 6.07) is 48.9. The van der Waals surface area contributed by atoms with Crippen LogP contribution in [0.4, 0.5) is 0 Å². The molecule has 0 atom stereocenters. The van der Waals surface area contributed by atoms with Crippen LogP contribution in [-0.4, -0.2) is 37.2 Å². The number of rotatable bonds is 16. The van der Waals surface area contributed by atoms with Gasteiger partial charge in [-0.3, -0.25) is 14.4 Å². The average Bonchev–Trinajstić information content (AvgIpc) is 3.21. The fraction of sp³-hybridized carbons (Fsp3) is 0.133. The van der Waals surface area contributed by atoms with E-state index in [1.807, 2.05) is 54.6 Å². The Morgan fingerprint density at radius 1 is 0.373 bits per heavy atom. The summed E-state index contributed by atoms with van der Waals surface area (Å²) in [5.41, 5.74) is 3.01. The van der Waals surface area contributed by atoms with Crippen molar-refractivity contribution in [2.24, 2.45) is 5.41 Å². The Kier molecular flexibility index (Phi) is 11.1. The molecule has 0 aliphatic rings. The molecule has 0 bridgehead atoms. The zero-order valence-corrected chi connectivity index (χ0v) is 28.4. The number of ketones is 3. The van der Waals surface area contributed by atoms with E-state index < -0.39 is 5.41 Å². The summed E-state index contributed by atoms with van der Waals surface area (Å²) in [7, 11) is 0. The third-order valence-corrected chi connectivity index (χ3v) is 8.84. The van der Waals surface area contributed by atoms with Crippen LogP contribution >= 0.6 is 0 Å². The average molecular weight is 675 g/mol. The molecule has 6 aromatic rings. The Morgan fingerprint density at radius 3 is 0.843 bits per heavy atom. The lowest BCUT2D eigenvalue weighted by atomic mass is 9.88. The third kappa shape index (κ3) is 8.86. The summed E-state index contributed by atoms with van der Waals surface area (Å²) in [5, 5.41) is 0. The highest BCUT2D eigenvalue weighted by Gasteiger charge is 2.32. The standard InChI is InChI=1S/C45H38O6/c1-2-45(30-49-39-24-18-36(19-25-39)42(46)33-12-6-3-7-13-33,31-50-40-26-20-37(21-27-40)43(47)34-14-8-4-9-15-34)32-51-41-28-22-38(23-29-41)44(48)35-16-10-5-11-17-35/h3-29H,2,30-32H2,1H3. The van der Waals surface area contributed by atoms with E-state index in [0.717, 1.165) is 0 Å². The Balaban J connectivity index is 1.15. The van der Waals surface area contributed by atoms with E-state index in [-0.39, 0.29) is 37.2 Å². The van der Waals surface area contributed by atoms with E-state index in [1.54, 1.807) is 109 Å². The molecule has 0 heterocycles. The van der Waals surface area contributed by atoms with Crippen LogP contribution in [-0.2, 0) is 0 Å². The van der Waals surface area contributed by atoms with Gasteiger partial charge in [0.05, 0.1) is 5.41 Å². The third-order valence-electron chi connectivity index (χ3n) is 8.84. The predicted molar refractivity (Wildman–Crippen MR) is 198 cm³/mol. The Bertz CT molecular complexity index is 1800. The molecule has 254 valence electrons. The minimum Gasteiger partial charge on any atom is -0.493 e. The highest BCUT2D eigenvalue weighted by molar-refractivity contribution is 6.10. The quantitative estimate of drug-likeness (QED) is 0.0953. The van der Waals surface area contributed by atoms with Crippen molar-refractivity contribution in [3.05, 3.63) is 197 Å². The number of hydrogen-bond donors (Lipinski definition) is 0. The van der Waals surface area contributed by atoms with E-state index in [9.17, 15) is 14.4 Å². The van der Waals surface area contributed by atoms with Crippen LogP contribution in [0.5, 0.6) is 17.2 Å². The maximum Gasteiger partial charge on any atom is 0.193 e. The maximum atomic E-state index is 12.9. The zero-order chi connectivity index (χ0) is 35.5. The first-order valence-corrected chi connectivity index (χ1v) is 16.9. The molecule has 0 saturated heterocycles.